The molecule has 20 heavy (non-hydrogen) atoms. The van der Waals surface area contributed by atoms with E-state index in [0.717, 1.165) is 12.1 Å². The largest absolute Gasteiger partial charge is 0.489 e. The summed E-state index contributed by atoms with van der Waals surface area (Å²) in [5.41, 5.74) is -0.457. The van der Waals surface area contributed by atoms with Crippen LogP contribution in [0, 0.1) is 0 Å². The van der Waals surface area contributed by atoms with Crippen LogP contribution in [0.25, 0.3) is 11.1 Å². The quantitative estimate of drug-likeness (QED) is 0.660. The molecule has 0 bridgehead atoms. The number of alkyl halides is 3. The van der Waals surface area contributed by atoms with Crippen molar-refractivity contribution in [3.63, 3.8) is 0 Å². The molecule has 0 fully saturated rings. The smallest absolute Gasteiger partial charge is 0.423 e. The van der Waals surface area contributed by atoms with E-state index in [2.05, 4.69) is 4.98 Å². The summed E-state index contributed by atoms with van der Waals surface area (Å²) in [6, 6.07) is 8.08. The molecule has 0 amide bonds. The van der Waals surface area contributed by atoms with Gasteiger partial charge in [0.2, 0.25) is 0 Å². The van der Waals surface area contributed by atoms with Gasteiger partial charge < -0.3 is 10.0 Å². The summed E-state index contributed by atoms with van der Waals surface area (Å²) in [6.45, 7) is 0. The molecule has 0 saturated heterocycles. The minimum atomic E-state index is -4.59. The van der Waals surface area contributed by atoms with Gasteiger partial charge in [0.1, 0.15) is 10.8 Å². The standard InChI is InChI=1S/C12H8BClF3NO2/c14-11-8(5-6-10(18-11)12(15,16)17)7-3-1-2-4-9(7)13(19)20/h1-6,19-20H. The third-order valence-electron chi connectivity index (χ3n) is 2.67. The Balaban J connectivity index is 2.55. The fourth-order valence-electron chi connectivity index (χ4n) is 1.76. The van der Waals surface area contributed by atoms with Crippen LogP contribution < -0.4 is 5.46 Å². The van der Waals surface area contributed by atoms with Crippen LogP contribution in [0.1, 0.15) is 5.69 Å². The van der Waals surface area contributed by atoms with Gasteiger partial charge in [-0.15, -0.1) is 0 Å². The molecule has 0 atom stereocenters. The van der Waals surface area contributed by atoms with Crippen molar-refractivity contribution in [3.8, 4) is 11.1 Å². The lowest BCUT2D eigenvalue weighted by molar-refractivity contribution is -0.141. The molecule has 3 nitrogen and oxygen atoms in total. The second-order valence-electron chi connectivity index (χ2n) is 3.99. The second kappa shape index (κ2) is 5.44. The molecule has 0 aliphatic heterocycles. The SMILES string of the molecule is OB(O)c1ccccc1-c1ccc(C(F)(F)F)nc1Cl. The van der Waals surface area contributed by atoms with Gasteiger partial charge in [0.15, 0.2) is 0 Å². The maximum atomic E-state index is 12.5. The van der Waals surface area contributed by atoms with Gasteiger partial charge in [-0.05, 0) is 23.2 Å². The number of nitrogens with zero attached hydrogens (tertiary/aromatic N) is 1. The van der Waals surface area contributed by atoms with E-state index in [0.29, 0.717) is 5.56 Å². The minimum absolute atomic E-state index is 0.135. The molecule has 1 heterocycles. The molecule has 0 radical (unpaired) electrons. The lowest BCUT2D eigenvalue weighted by Crippen LogP contribution is -2.31. The third kappa shape index (κ3) is 2.95. The molecule has 1 aromatic heterocycles. The zero-order chi connectivity index (χ0) is 14.9. The first kappa shape index (κ1) is 14.8. The van der Waals surface area contributed by atoms with E-state index in [9.17, 15) is 23.2 Å². The minimum Gasteiger partial charge on any atom is -0.423 e. The number of rotatable bonds is 2. The Labute approximate surface area is 117 Å². The molecule has 1 aromatic carbocycles. The highest BCUT2D eigenvalue weighted by Crippen LogP contribution is 2.32. The summed E-state index contributed by atoms with van der Waals surface area (Å²) in [5, 5.41) is 18.2. The maximum Gasteiger partial charge on any atom is 0.489 e. The molecule has 0 aliphatic carbocycles. The second-order valence-corrected chi connectivity index (χ2v) is 4.35. The average Bonchev–Trinajstić information content (AvgIpc) is 2.37. The van der Waals surface area contributed by atoms with E-state index >= 15 is 0 Å². The maximum absolute atomic E-state index is 12.5. The Morgan fingerprint density at radius 2 is 1.65 bits per heavy atom. The summed E-state index contributed by atoms with van der Waals surface area (Å²) in [7, 11) is -1.76. The van der Waals surface area contributed by atoms with Crippen LogP contribution in [0.3, 0.4) is 0 Å². The highest BCUT2D eigenvalue weighted by atomic mass is 35.5. The van der Waals surface area contributed by atoms with E-state index < -0.39 is 19.0 Å². The Morgan fingerprint density at radius 3 is 2.20 bits per heavy atom. The number of halogens is 4. The number of aromatic nitrogens is 1. The van der Waals surface area contributed by atoms with Gasteiger partial charge in [-0.3, -0.25) is 0 Å². The van der Waals surface area contributed by atoms with Crippen LogP contribution in [0.5, 0.6) is 0 Å². The highest BCUT2D eigenvalue weighted by Gasteiger charge is 2.33. The van der Waals surface area contributed by atoms with E-state index in [4.69, 9.17) is 11.6 Å². The normalized spacial score (nSPS) is 11.5. The first-order valence-electron chi connectivity index (χ1n) is 5.50. The first-order chi connectivity index (χ1) is 9.30. The van der Waals surface area contributed by atoms with Crippen molar-refractivity contribution in [2.45, 2.75) is 6.18 Å². The Kier molecular flexibility index (Phi) is 4.03. The highest BCUT2D eigenvalue weighted by molar-refractivity contribution is 6.60. The third-order valence-corrected chi connectivity index (χ3v) is 2.96. The van der Waals surface area contributed by atoms with Crippen LogP contribution in [0.4, 0.5) is 13.2 Å². The van der Waals surface area contributed by atoms with Gasteiger partial charge in [-0.2, -0.15) is 13.2 Å². The number of benzene rings is 1. The number of hydrogen-bond donors (Lipinski definition) is 2. The molecule has 0 saturated carbocycles. The van der Waals surface area contributed by atoms with Crippen molar-refractivity contribution >= 4 is 24.2 Å². The summed E-state index contributed by atoms with van der Waals surface area (Å²) < 4.78 is 37.5. The van der Waals surface area contributed by atoms with Crippen molar-refractivity contribution < 1.29 is 23.2 Å². The lowest BCUT2D eigenvalue weighted by atomic mass is 9.75. The monoisotopic (exact) mass is 301 g/mol. The van der Waals surface area contributed by atoms with Gasteiger partial charge in [-0.25, -0.2) is 4.98 Å². The van der Waals surface area contributed by atoms with Crippen molar-refractivity contribution in [2.75, 3.05) is 0 Å². The Bertz CT molecular complexity index is 634. The molecule has 2 rings (SSSR count). The van der Waals surface area contributed by atoms with E-state index in [-0.39, 0.29) is 16.2 Å². The molecule has 0 unspecified atom stereocenters. The van der Waals surface area contributed by atoms with Crippen molar-refractivity contribution in [1.82, 2.24) is 4.98 Å². The molecule has 2 aromatic rings. The first-order valence-corrected chi connectivity index (χ1v) is 5.87. The summed E-state index contributed by atoms with van der Waals surface area (Å²) >= 11 is 5.77. The summed E-state index contributed by atoms with van der Waals surface area (Å²) in [6.07, 6.45) is -4.59. The zero-order valence-electron chi connectivity index (χ0n) is 9.89. The molecule has 8 heteroatoms. The van der Waals surface area contributed by atoms with Crippen LogP contribution in [-0.2, 0) is 6.18 Å². The molecule has 104 valence electrons. The van der Waals surface area contributed by atoms with Gasteiger partial charge in [0.05, 0.1) is 0 Å². The molecule has 2 N–H and O–H groups in total. The molecule has 0 spiro atoms. The predicted octanol–water partition coefficient (Wildman–Crippen LogP) is 2.10. The van der Waals surface area contributed by atoms with Gasteiger partial charge >= 0.3 is 13.3 Å². The molecule has 0 aliphatic rings. The lowest BCUT2D eigenvalue weighted by Gasteiger charge is -2.12. The average molecular weight is 301 g/mol. The van der Waals surface area contributed by atoms with Crippen LogP contribution in [0.15, 0.2) is 36.4 Å². The van der Waals surface area contributed by atoms with Crippen LogP contribution in [-0.4, -0.2) is 22.2 Å². The van der Waals surface area contributed by atoms with Crippen LogP contribution >= 0.6 is 11.6 Å². The predicted molar refractivity (Wildman–Crippen MR) is 69.5 cm³/mol. The number of hydrogen-bond acceptors (Lipinski definition) is 3. The van der Waals surface area contributed by atoms with E-state index in [1.54, 1.807) is 12.1 Å². The van der Waals surface area contributed by atoms with Crippen molar-refractivity contribution in [3.05, 3.63) is 47.2 Å². The van der Waals surface area contributed by atoms with Crippen LogP contribution in [0.2, 0.25) is 5.15 Å². The van der Waals surface area contributed by atoms with Gasteiger partial charge in [0, 0.05) is 5.56 Å². The van der Waals surface area contributed by atoms with Gasteiger partial charge in [0.25, 0.3) is 0 Å². The topological polar surface area (TPSA) is 53.4 Å². The van der Waals surface area contributed by atoms with E-state index in [1.165, 1.54) is 12.1 Å². The summed E-state index contributed by atoms with van der Waals surface area (Å²) in [5.74, 6) is 0. The molecular weight excluding hydrogens is 293 g/mol. The van der Waals surface area contributed by atoms with E-state index in [1.807, 2.05) is 0 Å². The van der Waals surface area contributed by atoms with Crippen molar-refractivity contribution in [2.24, 2.45) is 0 Å². The molecular formula is C12H8BClF3NO2. The van der Waals surface area contributed by atoms with Crippen molar-refractivity contribution in [1.29, 1.82) is 0 Å². The summed E-state index contributed by atoms with van der Waals surface area (Å²) in [4.78, 5) is 3.30. The fourth-order valence-corrected chi connectivity index (χ4v) is 2.02. The number of pyridine rings is 1. The Hall–Kier alpha value is -1.57. The fraction of sp³-hybridized carbons (Fsp3) is 0.0833. The van der Waals surface area contributed by atoms with Gasteiger partial charge in [-0.1, -0.05) is 35.9 Å². The Morgan fingerprint density at radius 1 is 1.00 bits per heavy atom. The zero-order valence-corrected chi connectivity index (χ0v) is 10.7.